The van der Waals surface area contributed by atoms with Crippen LogP contribution >= 0.6 is 0 Å². The first-order chi connectivity index (χ1) is 6.88. The molecular formula is C9H16N4O. The summed E-state index contributed by atoms with van der Waals surface area (Å²) < 4.78 is 5.39. The van der Waals surface area contributed by atoms with Gasteiger partial charge in [-0.3, -0.25) is 5.84 Å². The largest absolute Gasteiger partial charge is 0.379 e. The van der Waals surface area contributed by atoms with E-state index >= 15 is 0 Å². The maximum Gasteiger partial charge on any atom is 0.115 e. The Bertz CT molecular complexity index is 242. The fourth-order valence-electron chi connectivity index (χ4n) is 1.07. The number of nitrogens with zero attached hydrogens (tertiary/aromatic N) is 2. The summed E-state index contributed by atoms with van der Waals surface area (Å²) in [5, 5.41) is 0. The monoisotopic (exact) mass is 196 g/mol. The minimum Gasteiger partial charge on any atom is -0.379 e. The lowest BCUT2D eigenvalue weighted by molar-refractivity contribution is 0.111. The van der Waals surface area contributed by atoms with E-state index in [2.05, 4.69) is 22.3 Å². The SMILES string of the molecule is CCCOCC(NN)c1ccncn1. The molecular weight excluding hydrogens is 180 g/mol. The predicted molar refractivity (Wildman–Crippen MR) is 53.2 cm³/mol. The molecule has 0 aromatic carbocycles. The summed E-state index contributed by atoms with van der Waals surface area (Å²) in [6.45, 7) is 3.33. The van der Waals surface area contributed by atoms with Crippen LogP contribution in [0.2, 0.25) is 0 Å². The van der Waals surface area contributed by atoms with Gasteiger partial charge in [-0.1, -0.05) is 6.92 Å². The second-order valence-corrected chi connectivity index (χ2v) is 2.93. The van der Waals surface area contributed by atoms with Gasteiger partial charge in [0.1, 0.15) is 6.33 Å². The molecule has 3 N–H and O–H groups in total. The van der Waals surface area contributed by atoms with Crippen LogP contribution in [0.15, 0.2) is 18.6 Å². The van der Waals surface area contributed by atoms with Gasteiger partial charge in [0.25, 0.3) is 0 Å². The van der Waals surface area contributed by atoms with Crippen molar-refractivity contribution >= 4 is 0 Å². The van der Waals surface area contributed by atoms with Crippen molar-refractivity contribution < 1.29 is 4.74 Å². The number of hydrogen-bond donors (Lipinski definition) is 2. The second-order valence-electron chi connectivity index (χ2n) is 2.93. The molecule has 1 rings (SSSR count). The van der Waals surface area contributed by atoms with Crippen LogP contribution in [0.1, 0.15) is 25.1 Å². The number of hydrazine groups is 1. The van der Waals surface area contributed by atoms with Crippen LogP contribution in [-0.4, -0.2) is 23.2 Å². The molecule has 78 valence electrons. The third kappa shape index (κ3) is 3.37. The fourth-order valence-corrected chi connectivity index (χ4v) is 1.07. The standard InChI is InChI=1S/C9H16N4O/c1-2-5-14-6-9(13-10)8-3-4-11-7-12-8/h3-4,7,9,13H,2,5-6,10H2,1H3. The maximum atomic E-state index is 5.40. The first kappa shape index (κ1) is 11.0. The molecule has 0 bridgehead atoms. The van der Waals surface area contributed by atoms with E-state index in [0.29, 0.717) is 6.61 Å². The van der Waals surface area contributed by atoms with Crippen molar-refractivity contribution in [3.8, 4) is 0 Å². The van der Waals surface area contributed by atoms with Gasteiger partial charge in [-0.15, -0.1) is 0 Å². The summed E-state index contributed by atoms with van der Waals surface area (Å²) in [4.78, 5) is 7.93. The van der Waals surface area contributed by atoms with E-state index in [1.165, 1.54) is 6.33 Å². The minimum atomic E-state index is -0.0652. The molecule has 1 aromatic rings. The van der Waals surface area contributed by atoms with Crippen molar-refractivity contribution in [1.82, 2.24) is 15.4 Å². The van der Waals surface area contributed by atoms with Crippen LogP contribution in [0.25, 0.3) is 0 Å². The topological polar surface area (TPSA) is 73.1 Å². The van der Waals surface area contributed by atoms with Crippen LogP contribution < -0.4 is 11.3 Å². The zero-order valence-corrected chi connectivity index (χ0v) is 8.31. The number of nitrogens with two attached hydrogens (primary N) is 1. The van der Waals surface area contributed by atoms with Crippen molar-refractivity contribution in [2.45, 2.75) is 19.4 Å². The second kappa shape index (κ2) is 6.42. The highest BCUT2D eigenvalue weighted by molar-refractivity contribution is 5.04. The molecule has 0 fully saturated rings. The van der Waals surface area contributed by atoms with Gasteiger partial charge in [0.05, 0.1) is 18.3 Å². The molecule has 5 heteroatoms. The van der Waals surface area contributed by atoms with E-state index < -0.39 is 0 Å². The van der Waals surface area contributed by atoms with Crippen molar-refractivity contribution in [2.75, 3.05) is 13.2 Å². The van der Waals surface area contributed by atoms with Gasteiger partial charge in [-0.05, 0) is 12.5 Å². The Morgan fingerprint density at radius 1 is 1.64 bits per heavy atom. The van der Waals surface area contributed by atoms with Gasteiger partial charge in [-0.2, -0.15) is 0 Å². The molecule has 14 heavy (non-hydrogen) atoms. The average Bonchev–Trinajstić information content (AvgIpc) is 2.26. The summed E-state index contributed by atoms with van der Waals surface area (Å²) in [5.41, 5.74) is 3.51. The third-order valence-corrected chi connectivity index (χ3v) is 1.80. The zero-order valence-electron chi connectivity index (χ0n) is 8.31. The molecule has 0 amide bonds. The van der Waals surface area contributed by atoms with Crippen molar-refractivity contribution in [3.63, 3.8) is 0 Å². The molecule has 1 heterocycles. The molecule has 1 unspecified atom stereocenters. The summed E-state index contributed by atoms with van der Waals surface area (Å²) in [6, 6.07) is 1.75. The Balaban J connectivity index is 2.46. The Morgan fingerprint density at radius 2 is 2.50 bits per heavy atom. The normalized spacial score (nSPS) is 12.7. The number of nitrogens with one attached hydrogen (secondary N) is 1. The fraction of sp³-hybridized carbons (Fsp3) is 0.556. The minimum absolute atomic E-state index is 0.0652. The average molecular weight is 196 g/mol. The van der Waals surface area contributed by atoms with Gasteiger partial charge in [-0.25, -0.2) is 15.4 Å². The number of rotatable bonds is 6. The molecule has 0 saturated carbocycles. The molecule has 0 saturated heterocycles. The highest BCUT2D eigenvalue weighted by Crippen LogP contribution is 2.07. The Labute approximate surface area is 83.7 Å². The molecule has 0 aliphatic rings. The quantitative estimate of drug-likeness (QED) is 0.391. The molecule has 1 atom stereocenters. The highest BCUT2D eigenvalue weighted by atomic mass is 16.5. The molecule has 0 aliphatic heterocycles. The summed E-state index contributed by atoms with van der Waals surface area (Å²) >= 11 is 0. The first-order valence-corrected chi connectivity index (χ1v) is 4.68. The lowest BCUT2D eigenvalue weighted by Crippen LogP contribution is -2.32. The highest BCUT2D eigenvalue weighted by Gasteiger charge is 2.09. The third-order valence-electron chi connectivity index (χ3n) is 1.80. The molecule has 0 radical (unpaired) electrons. The number of hydrogen-bond acceptors (Lipinski definition) is 5. The van der Waals surface area contributed by atoms with Gasteiger partial charge < -0.3 is 4.74 Å². The van der Waals surface area contributed by atoms with E-state index in [-0.39, 0.29) is 6.04 Å². The van der Waals surface area contributed by atoms with Crippen LogP contribution in [0.4, 0.5) is 0 Å². The Morgan fingerprint density at radius 3 is 3.07 bits per heavy atom. The van der Waals surface area contributed by atoms with E-state index in [4.69, 9.17) is 10.6 Å². The molecule has 5 nitrogen and oxygen atoms in total. The summed E-state index contributed by atoms with van der Waals surface area (Å²) in [5.74, 6) is 5.40. The Hall–Kier alpha value is -1.04. The van der Waals surface area contributed by atoms with E-state index in [0.717, 1.165) is 18.7 Å². The van der Waals surface area contributed by atoms with Crippen LogP contribution in [0.5, 0.6) is 0 Å². The van der Waals surface area contributed by atoms with Gasteiger partial charge in [0, 0.05) is 12.8 Å². The van der Waals surface area contributed by atoms with Crippen molar-refractivity contribution in [2.24, 2.45) is 5.84 Å². The van der Waals surface area contributed by atoms with E-state index in [9.17, 15) is 0 Å². The van der Waals surface area contributed by atoms with Crippen LogP contribution in [0.3, 0.4) is 0 Å². The predicted octanol–water partition coefficient (Wildman–Crippen LogP) is 0.408. The van der Waals surface area contributed by atoms with Crippen LogP contribution in [0, 0.1) is 0 Å². The lowest BCUT2D eigenvalue weighted by Gasteiger charge is -2.14. The number of aromatic nitrogens is 2. The van der Waals surface area contributed by atoms with Gasteiger partial charge in [0.15, 0.2) is 0 Å². The summed E-state index contributed by atoms with van der Waals surface area (Å²) in [7, 11) is 0. The van der Waals surface area contributed by atoms with Gasteiger partial charge in [0.2, 0.25) is 0 Å². The van der Waals surface area contributed by atoms with E-state index in [1.807, 2.05) is 6.07 Å². The summed E-state index contributed by atoms with van der Waals surface area (Å²) in [6.07, 6.45) is 4.19. The van der Waals surface area contributed by atoms with Crippen molar-refractivity contribution in [1.29, 1.82) is 0 Å². The molecule has 0 spiro atoms. The Kier molecular flexibility index (Phi) is 5.06. The maximum absolute atomic E-state index is 5.40. The lowest BCUT2D eigenvalue weighted by atomic mass is 10.2. The van der Waals surface area contributed by atoms with Gasteiger partial charge >= 0.3 is 0 Å². The zero-order chi connectivity index (χ0) is 10.2. The van der Waals surface area contributed by atoms with E-state index in [1.54, 1.807) is 6.20 Å². The van der Waals surface area contributed by atoms with Crippen molar-refractivity contribution in [3.05, 3.63) is 24.3 Å². The first-order valence-electron chi connectivity index (χ1n) is 4.68. The molecule has 0 aliphatic carbocycles. The number of ether oxygens (including phenoxy) is 1. The molecule has 1 aromatic heterocycles. The smallest absolute Gasteiger partial charge is 0.115 e. The van der Waals surface area contributed by atoms with Crippen LogP contribution in [-0.2, 0) is 4.74 Å².